The highest BCUT2D eigenvalue weighted by molar-refractivity contribution is 5.89. The number of nitrogens with two attached hydrogens (primary N) is 1. The van der Waals surface area contributed by atoms with E-state index in [-0.39, 0.29) is 18.2 Å². The summed E-state index contributed by atoms with van der Waals surface area (Å²) in [5.74, 6) is 0.756. The number of ether oxygens (including phenoxy) is 2. The molecule has 0 spiro atoms. The second-order valence-corrected chi connectivity index (χ2v) is 4.87. The number of hydrogen-bond donors (Lipinski definition) is 2. The minimum atomic E-state index is -0.135. The third-order valence-electron chi connectivity index (χ3n) is 3.22. The molecule has 1 aromatic rings. The molecule has 0 aliphatic carbocycles. The monoisotopic (exact) mass is 279 g/mol. The van der Waals surface area contributed by atoms with Crippen LogP contribution in [0.15, 0.2) is 24.3 Å². The lowest BCUT2D eigenvalue weighted by atomic mass is 10.2. The summed E-state index contributed by atoms with van der Waals surface area (Å²) in [5, 5.41) is 2.86. The van der Waals surface area contributed by atoms with Crippen molar-refractivity contribution >= 4 is 11.7 Å². The Morgan fingerprint density at radius 3 is 2.75 bits per heavy atom. The third kappa shape index (κ3) is 3.61. The summed E-state index contributed by atoms with van der Waals surface area (Å²) in [4.78, 5) is 13.9. The van der Waals surface area contributed by atoms with Crippen molar-refractivity contribution in [2.45, 2.75) is 19.1 Å². The van der Waals surface area contributed by atoms with E-state index in [1.54, 1.807) is 36.3 Å². The fraction of sp³-hybridized carbons (Fsp3) is 0.500. The smallest absolute Gasteiger partial charge is 0.322 e. The highest BCUT2D eigenvalue weighted by atomic mass is 16.5. The number of rotatable bonds is 3. The maximum absolute atomic E-state index is 12.2. The zero-order valence-corrected chi connectivity index (χ0v) is 11.8. The number of methoxy groups -OCH3 is 1. The fourth-order valence-corrected chi connectivity index (χ4v) is 2.22. The second-order valence-electron chi connectivity index (χ2n) is 4.87. The number of nitrogens with one attached hydrogen (secondary N) is 1. The van der Waals surface area contributed by atoms with Crippen LogP contribution in [0.4, 0.5) is 10.5 Å². The molecule has 2 rings (SSSR count). The highest BCUT2D eigenvalue weighted by Gasteiger charge is 2.27. The predicted octanol–water partition coefficient (Wildman–Crippen LogP) is 1.28. The first kappa shape index (κ1) is 14.6. The van der Waals surface area contributed by atoms with Crippen LogP contribution < -0.4 is 15.8 Å². The number of carbonyl (C=O) groups is 1. The summed E-state index contributed by atoms with van der Waals surface area (Å²) in [6, 6.07) is 7.09. The number of anilines is 1. The van der Waals surface area contributed by atoms with Gasteiger partial charge in [0, 0.05) is 25.3 Å². The molecule has 0 radical (unpaired) electrons. The second kappa shape index (κ2) is 6.58. The molecule has 3 N–H and O–H groups in total. The molecular formula is C14H21N3O3. The van der Waals surface area contributed by atoms with E-state index in [2.05, 4.69) is 5.32 Å². The first-order valence-electron chi connectivity index (χ1n) is 6.68. The van der Waals surface area contributed by atoms with Gasteiger partial charge in [0.25, 0.3) is 0 Å². The Labute approximate surface area is 118 Å². The summed E-state index contributed by atoms with van der Waals surface area (Å²) in [7, 11) is 1.61. The van der Waals surface area contributed by atoms with Crippen LogP contribution in [-0.4, -0.2) is 49.9 Å². The van der Waals surface area contributed by atoms with Crippen LogP contribution in [-0.2, 0) is 4.74 Å². The number of urea groups is 1. The number of morpholine rings is 1. The van der Waals surface area contributed by atoms with E-state index in [0.29, 0.717) is 19.6 Å². The van der Waals surface area contributed by atoms with Crippen molar-refractivity contribution < 1.29 is 14.3 Å². The molecular weight excluding hydrogens is 258 g/mol. The molecule has 6 nitrogen and oxygen atoms in total. The van der Waals surface area contributed by atoms with Gasteiger partial charge >= 0.3 is 6.03 Å². The standard InChI is InChI=1S/C14H21N3O3/c1-10-8-17(9-13(7-15)20-10)14(18)16-11-3-5-12(19-2)6-4-11/h3-6,10,13H,7-9,15H2,1-2H3,(H,16,18). The van der Waals surface area contributed by atoms with E-state index >= 15 is 0 Å². The van der Waals surface area contributed by atoms with Crippen molar-refractivity contribution in [3.63, 3.8) is 0 Å². The van der Waals surface area contributed by atoms with E-state index in [1.807, 2.05) is 6.92 Å². The van der Waals surface area contributed by atoms with Gasteiger partial charge < -0.3 is 25.4 Å². The van der Waals surface area contributed by atoms with Crippen molar-refractivity contribution in [2.24, 2.45) is 5.73 Å². The normalized spacial score (nSPS) is 22.4. The van der Waals surface area contributed by atoms with E-state index in [4.69, 9.17) is 15.2 Å². The number of nitrogens with zero attached hydrogens (tertiary/aromatic N) is 1. The third-order valence-corrected chi connectivity index (χ3v) is 3.22. The Morgan fingerprint density at radius 1 is 1.45 bits per heavy atom. The first-order valence-corrected chi connectivity index (χ1v) is 6.68. The summed E-state index contributed by atoms with van der Waals surface area (Å²) >= 11 is 0. The van der Waals surface area contributed by atoms with Gasteiger partial charge in [-0.25, -0.2) is 4.79 Å². The average molecular weight is 279 g/mol. The minimum Gasteiger partial charge on any atom is -0.497 e. The summed E-state index contributed by atoms with van der Waals surface area (Å²) < 4.78 is 10.7. The molecule has 1 aliphatic heterocycles. The summed E-state index contributed by atoms with van der Waals surface area (Å²) in [5.41, 5.74) is 6.35. The van der Waals surface area contributed by atoms with Gasteiger partial charge in [-0.3, -0.25) is 0 Å². The molecule has 1 aliphatic rings. The van der Waals surface area contributed by atoms with Crippen LogP contribution in [0, 0.1) is 0 Å². The molecule has 2 unspecified atom stereocenters. The molecule has 2 amide bonds. The van der Waals surface area contributed by atoms with Crippen LogP contribution in [0.25, 0.3) is 0 Å². The largest absolute Gasteiger partial charge is 0.497 e. The molecule has 0 aromatic heterocycles. The van der Waals surface area contributed by atoms with Crippen LogP contribution in [0.1, 0.15) is 6.92 Å². The van der Waals surface area contributed by atoms with E-state index < -0.39 is 0 Å². The van der Waals surface area contributed by atoms with Gasteiger partial charge in [0.1, 0.15) is 5.75 Å². The SMILES string of the molecule is COc1ccc(NC(=O)N2CC(C)OC(CN)C2)cc1. The molecule has 1 aromatic carbocycles. The molecule has 1 fully saturated rings. The quantitative estimate of drug-likeness (QED) is 0.873. The molecule has 0 saturated carbocycles. The number of hydrogen-bond acceptors (Lipinski definition) is 4. The highest BCUT2D eigenvalue weighted by Crippen LogP contribution is 2.17. The lowest BCUT2D eigenvalue weighted by Crippen LogP contribution is -2.52. The van der Waals surface area contributed by atoms with Crippen LogP contribution in [0.5, 0.6) is 5.75 Å². The lowest BCUT2D eigenvalue weighted by molar-refractivity contribution is -0.0573. The Morgan fingerprint density at radius 2 is 2.15 bits per heavy atom. The number of carbonyl (C=O) groups excluding carboxylic acids is 1. The van der Waals surface area contributed by atoms with Crippen molar-refractivity contribution in [3.05, 3.63) is 24.3 Å². The lowest BCUT2D eigenvalue weighted by Gasteiger charge is -2.36. The van der Waals surface area contributed by atoms with Gasteiger partial charge in [-0.2, -0.15) is 0 Å². The van der Waals surface area contributed by atoms with Gasteiger partial charge in [-0.05, 0) is 31.2 Å². The summed E-state index contributed by atoms with van der Waals surface area (Å²) in [6.45, 7) is 3.44. The van der Waals surface area contributed by atoms with Crippen LogP contribution in [0.3, 0.4) is 0 Å². The predicted molar refractivity (Wildman–Crippen MR) is 77.0 cm³/mol. The number of amides is 2. The maximum atomic E-state index is 12.2. The Kier molecular flexibility index (Phi) is 4.81. The first-order chi connectivity index (χ1) is 9.62. The van der Waals surface area contributed by atoms with E-state index in [1.165, 1.54) is 0 Å². The van der Waals surface area contributed by atoms with Gasteiger partial charge in [0.2, 0.25) is 0 Å². The molecule has 110 valence electrons. The topological polar surface area (TPSA) is 76.8 Å². The van der Waals surface area contributed by atoms with Crippen LogP contribution in [0.2, 0.25) is 0 Å². The Hall–Kier alpha value is -1.79. The van der Waals surface area contributed by atoms with Crippen molar-refractivity contribution in [3.8, 4) is 5.75 Å². The average Bonchev–Trinajstić information content (AvgIpc) is 2.47. The molecule has 0 bridgehead atoms. The number of benzene rings is 1. The van der Waals surface area contributed by atoms with E-state index in [9.17, 15) is 4.79 Å². The summed E-state index contributed by atoms with van der Waals surface area (Å²) in [6.07, 6.45) is -0.0979. The van der Waals surface area contributed by atoms with Gasteiger partial charge in [-0.1, -0.05) is 0 Å². The molecule has 2 atom stereocenters. The zero-order valence-electron chi connectivity index (χ0n) is 11.8. The van der Waals surface area contributed by atoms with Crippen molar-refractivity contribution in [1.82, 2.24) is 4.90 Å². The van der Waals surface area contributed by atoms with Crippen molar-refractivity contribution in [1.29, 1.82) is 0 Å². The van der Waals surface area contributed by atoms with Gasteiger partial charge in [0.05, 0.1) is 19.3 Å². The molecule has 6 heteroatoms. The zero-order chi connectivity index (χ0) is 14.5. The Bertz CT molecular complexity index is 449. The van der Waals surface area contributed by atoms with E-state index in [0.717, 1.165) is 11.4 Å². The molecule has 1 saturated heterocycles. The Balaban J connectivity index is 1.96. The fourth-order valence-electron chi connectivity index (χ4n) is 2.22. The molecule has 20 heavy (non-hydrogen) atoms. The van der Waals surface area contributed by atoms with Gasteiger partial charge in [0.15, 0.2) is 0 Å². The minimum absolute atomic E-state index is 0.00100. The molecule has 1 heterocycles. The van der Waals surface area contributed by atoms with Crippen molar-refractivity contribution in [2.75, 3.05) is 32.1 Å². The van der Waals surface area contributed by atoms with Crippen LogP contribution >= 0.6 is 0 Å². The van der Waals surface area contributed by atoms with Gasteiger partial charge in [-0.15, -0.1) is 0 Å². The maximum Gasteiger partial charge on any atom is 0.322 e.